The van der Waals surface area contributed by atoms with E-state index in [1.54, 1.807) is 0 Å². The van der Waals surface area contributed by atoms with E-state index < -0.39 is 6.10 Å². The Kier molecular flexibility index (Phi) is 7.13. The monoisotopic (exact) mass is 464 g/mol. The van der Waals surface area contributed by atoms with E-state index in [0.29, 0.717) is 17.6 Å². The van der Waals surface area contributed by atoms with Crippen LogP contribution in [0.4, 0.5) is 0 Å². The number of phenols is 1. The fraction of sp³-hybridized carbons (Fsp3) is 0.688. The van der Waals surface area contributed by atoms with Gasteiger partial charge in [0.25, 0.3) is 0 Å². The van der Waals surface area contributed by atoms with E-state index in [4.69, 9.17) is 0 Å². The number of aromatic hydroxyl groups is 1. The van der Waals surface area contributed by atoms with Crippen LogP contribution in [0.25, 0.3) is 5.57 Å². The second-order valence-electron chi connectivity index (χ2n) is 13.4. The highest BCUT2D eigenvalue weighted by Crippen LogP contribution is 2.59. The summed E-state index contributed by atoms with van der Waals surface area (Å²) in [4.78, 5) is 0. The van der Waals surface area contributed by atoms with Crippen LogP contribution < -0.4 is 0 Å². The lowest BCUT2D eigenvalue weighted by atomic mass is 9.50. The van der Waals surface area contributed by atoms with Crippen LogP contribution in [0.1, 0.15) is 123 Å². The fourth-order valence-corrected chi connectivity index (χ4v) is 7.42. The Labute approximate surface area is 208 Å². The molecule has 2 N–H and O–H groups in total. The zero-order chi connectivity index (χ0) is 24.7. The van der Waals surface area contributed by atoms with E-state index >= 15 is 0 Å². The van der Waals surface area contributed by atoms with Crippen LogP contribution in [0.5, 0.6) is 5.75 Å². The summed E-state index contributed by atoms with van der Waals surface area (Å²) in [5, 5.41) is 23.5. The van der Waals surface area contributed by atoms with Gasteiger partial charge in [-0.3, -0.25) is 0 Å². The number of benzene rings is 1. The van der Waals surface area contributed by atoms with E-state index in [9.17, 15) is 10.2 Å². The molecule has 0 bridgehead atoms. The average molecular weight is 465 g/mol. The van der Waals surface area contributed by atoms with Gasteiger partial charge >= 0.3 is 0 Å². The van der Waals surface area contributed by atoms with Crippen LogP contribution in [0.3, 0.4) is 0 Å². The minimum Gasteiger partial charge on any atom is -0.507 e. The lowest BCUT2D eigenvalue weighted by Crippen LogP contribution is -2.47. The molecule has 0 amide bonds. The number of rotatable bonds is 3. The lowest BCUT2D eigenvalue weighted by Gasteiger charge is -2.54. The minimum absolute atomic E-state index is 0.0346. The molecule has 3 aliphatic carbocycles. The number of aliphatic hydroxyl groups excluding tert-OH is 1. The topological polar surface area (TPSA) is 40.5 Å². The molecule has 3 aliphatic rings. The molecule has 1 atom stereocenters. The molecule has 188 valence electrons. The SMILES string of the molecule is CC(C)(C)C1(C(C)(C)C)C=C(c2cccc(C3CCCCC3)c2O)C(O)C(C2CCCCC2)=C1. The van der Waals surface area contributed by atoms with Gasteiger partial charge in [0.15, 0.2) is 0 Å². The number of phenolic OH excluding ortho intramolecular Hbond substituents is 1. The van der Waals surface area contributed by atoms with Gasteiger partial charge in [0.2, 0.25) is 0 Å². The van der Waals surface area contributed by atoms with Crippen LogP contribution in [-0.4, -0.2) is 16.3 Å². The number of aliphatic hydroxyl groups is 1. The van der Waals surface area contributed by atoms with Crippen molar-refractivity contribution < 1.29 is 10.2 Å². The van der Waals surface area contributed by atoms with Crippen LogP contribution in [0, 0.1) is 22.2 Å². The predicted molar refractivity (Wildman–Crippen MR) is 144 cm³/mol. The highest BCUT2D eigenvalue weighted by atomic mass is 16.3. The summed E-state index contributed by atoms with van der Waals surface area (Å²) < 4.78 is 0. The molecule has 0 aromatic heterocycles. The first-order valence-electron chi connectivity index (χ1n) is 13.9. The molecule has 1 aromatic carbocycles. The van der Waals surface area contributed by atoms with Gasteiger partial charge < -0.3 is 10.2 Å². The van der Waals surface area contributed by atoms with E-state index in [2.05, 4.69) is 65.8 Å². The molecule has 2 saturated carbocycles. The number of para-hydroxylation sites is 1. The third-order valence-electron chi connectivity index (χ3n) is 9.37. The van der Waals surface area contributed by atoms with E-state index in [-0.39, 0.29) is 16.2 Å². The van der Waals surface area contributed by atoms with Crippen LogP contribution >= 0.6 is 0 Å². The van der Waals surface area contributed by atoms with Gasteiger partial charge in [-0.15, -0.1) is 0 Å². The Morgan fingerprint density at radius 2 is 1.26 bits per heavy atom. The fourth-order valence-electron chi connectivity index (χ4n) is 7.42. The molecular formula is C32H48O2. The minimum atomic E-state index is -0.645. The molecule has 0 spiro atoms. The maximum absolute atomic E-state index is 11.9. The molecule has 0 aliphatic heterocycles. The molecule has 1 aromatic rings. The maximum atomic E-state index is 11.9. The quantitative estimate of drug-likeness (QED) is 0.439. The molecule has 2 nitrogen and oxygen atoms in total. The Bertz CT molecular complexity index is 911. The number of hydrogen-bond donors (Lipinski definition) is 2. The number of hydrogen-bond acceptors (Lipinski definition) is 2. The van der Waals surface area contributed by atoms with Crippen LogP contribution in [0.2, 0.25) is 0 Å². The normalized spacial score (nSPS) is 25.1. The first-order valence-corrected chi connectivity index (χ1v) is 13.9. The van der Waals surface area contributed by atoms with Crippen molar-refractivity contribution in [2.24, 2.45) is 22.2 Å². The van der Waals surface area contributed by atoms with E-state index in [0.717, 1.165) is 42.4 Å². The molecule has 2 fully saturated rings. The Morgan fingerprint density at radius 1 is 0.735 bits per heavy atom. The molecule has 2 heteroatoms. The summed E-state index contributed by atoms with van der Waals surface area (Å²) in [6.45, 7) is 14.0. The van der Waals surface area contributed by atoms with Gasteiger partial charge in [-0.25, -0.2) is 0 Å². The van der Waals surface area contributed by atoms with Crippen molar-refractivity contribution in [1.82, 2.24) is 0 Å². The van der Waals surface area contributed by atoms with Crippen molar-refractivity contribution >= 4 is 5.57 Å². The van der Waals surface area contributed by atoms with E-state index in [1.807, 2.05) is 6.07 Å². The Morgan fingerprint density at radius 3 is 1.79 bits per heavy atom. The Balaban J connectivity index is 1.88. The molecule has 4 rings (SSSR count). The second-order valence-corrected chi connectivity index (χ2v) is 13.4. The highest BCUT2D eigenvalue weighted by molar-refractivity contribution is 5.79. The van der Waals surface area contributed by atoms with E-state index in [1.165, 1.54) is 44.1 Å². The smallest absolute Gasteiger partial charge is 0.126 e. The first-order chi connectivity index (χ1) is 16.0. The van der Waals surface area contributed by atoms with Crippen molar-refractivity contribution in [1.29, 1.82) is 0 Å². The van der Waals surface area contributed by atoms with Gasteiger partial charge in [-0.05, 0) is 65.1 Å². The van der Waals surface area contributed by atoms with Gasteiger partial charge in [0.05, 0.1) is 0 Å². The van der Waals surface area contributed by atoms with Crippen molar-refractivity contribution in [2.75, 3.05) is 0 Å². The van der Waals surface area contributed by atoms with Crippen molar-refractivity contribution in [3.8, 4) is 5.75 Å². The summed E-state index contributed by atoms with van der Waals surface area (Å²) in [7, 11) is 0. The molecule has 34 heavy (non-hydrogen) atoms. The summed E-state index contributed by atoms with van der Waals surface area (Å²) in [5.41, 5.74) is 3.74. The zero-order valence-electron chi connectivity index (χ0n) is 22.6. The summed E-state index contributed by atoms with van der Waals surface area (Å²) >= 11 is 0. The summed E-state index contributed by atoms with van der Waals surface area (Å²) in [5.74, 6) is 1.26. The molecular weight excluding hydrogens is 416 g/mol. The third-order valence-corrected chi connectivity index (χ3v) is 9.37. The van der Waals surface area contributed by atoms with Gasteiger partial charge in [0, 0.05) is 11.0 Å². The van der Waals surface area contributed by atoms with Gasteiger partial charge in [-0.1, -0.05) is 110 Å². The predicted octanol–water partition coefficient (Wildman–Crippen LogP) is 8.78. The van der Waals surface area contributed by atoms with Crippen molar-refractivity contribution in [2.45, 2.75) is 118 Å². The highest BCUT2D eigenvalue weighted by Gasteiger charge is 2.51. The number of allylic oxidation sites excluding steroid dienone is 2. The molecule has 0 saturated heterocycles. The zero-order valence-corrected chi connectivity index (χ0v) is 22.6. The maximum Gasteiger partial charge on any atom is 0.126 e. The second kappa shape index (κ2) is 9.49. The van der Waals surface area contributed by atoms with Gasteiger partial charge in [-0.2, -0.15) is 0 Å². The van der Waals surface area contributed by atoms with Crippen LogP contribution in [0.15, 0.2) is 35.9 Å². The molecule has 1 unspecified atom stereocenters. The summed E-state index contributed by atoms with van der Waals surface area (Å²) in [6, 6.07) is 6.25. The average Bonchev–Trinajstić information content (AvgIpc) is 2.79. The van der Waals surface area contributed by atoms with Crippen LogP contribution in [-0.2, 0) is 0 Å². The lowest BCUT2D eigenvalue weighted by molar-refractivity contribution is 0.0598. The first kappa shape index (κ1) is 25.5. The third kappa shape index (κ3) is 4.52. The van der Waals surface area contributed by atoms with Gasteiger partial charge in [0.1, 0.15) is 11.9 Å². The molecule has 0 heterocycles. The van der Waals surface area contributed by atoms with Crippen molar-refractivity contribution in [3.63, 3.8) is 0 Å². The standard InChI is InChI=1S/C32H48O2/c1-30(2,3)32(31(4,5)6)20-26(23-16-11-8-12-17-23)29(34)27(21-32)25-19-13-18-24(28(25)33)22-14-9-7-10-15-22/h13,18-23,29,33-34H,7-12,14-17H2,1-6H3. The largest absolute Gasteiger partial charge is 0.507 e. The molecule has 0 radical (unpaired) electrons. The Hall–Kier alpha value is -1.54. The summed E-state index contributed by atoms with van der Waals surface area (Å²) in [6.07, 6.45) is 16.4. The van der Waals surface area contributed by atoms with Crippen molar-refractivity contribution in [3.05, 3.63) is 47.1 Å².